The van der Waals surface area contributed by atoms with E-state index in [0.29, 0.717) is 10.2 Å². The second-order valence-corrected chi connectivity index (χ2v) is 8.90. The van der Waals surface area contributed by atoms with Crippen LogP contribution in [0.25, 0.3) is 21.3 Å². The molecule has 0 bridgehead atoms. The fraction of sp³-hybridized carbons (Fsp3) is 0.409. The van der Waals surface area contributed by atoms with Crippen LogP contribution in [0.2, 0.25) is 0 Å². The molecule has 2 aromatic heterocycles. The number of fused-ring (bicyclic) bond motifs is 1. The van der Waals surface area contributed by atoms with Gasteiger partial charge < -0.3 is 4.90 Å². The maximum absolute atomic E-state index is 13.3. The predicted octanol–water partition coefficient (Wildman–Crippen LogP) is 4.36. The Morgan fingerprint density at radius 2 is 1.93 bits per heavy atom. The summed E-state index contributed by atoms with van der Waals surface area (Å²) in [6.07, 6.45) is 7.01. The molecule has 3 aromatic rings. The molecular weight excluding hydrogens is 389 g/mol. The average molecular weight is 414 g/mol. The predicted molar refractivity (Wildman–Crippen MR) is 114 cm³/mol. The van der Waals surface area contributed by atoms with Gasteiger partial charge in [-0.3, -0.25) is 14.2 Å². The van der Waals surface area contributed by atoms with E-state index in [1.165, 1.54) is 40.8 Å². The lowest BCUT2D eigenvalue weighted by atomic mass is 9.94. The van der Waals surface area contributed by atoms with E-state index in [4.69, 9.17) is 0 Å². The van der Waals surface area contributed by atoms with Crippen LogP contribution in [0.15, 0.2) is 35.4 Å². The number of likely N-dealkylation sites (N-methyl/N-ethyl adjacent to an activating group) is 1. The number of halogens is 1. The minimum Gasteiger partial charge on any atom is -0.341 e. The zero-order chi connectivity index (χ0) is 20.5. The van der Waals surface area contributed by atoms with E-state index in [-0.39, 0.29) is 29.9 Å². The van der Waals surface area contributed by atoms with Crippen LogP contribution < -0.4 is 5.56 Å². The minimum absolute atomic E-state index is 0.0213. The lowest BCUT2D eigenvalue weighted by Crippen LogP contribution is -2.41. The van der Waals surface area contributed by atoms with Crippen molar-refractivity contribution in [3.05, 3.63) is 51.6 Å². The van der Waals surface area contributed by atoms with Crippen LogP contribution in [0.5, 0.6) is 0 Å². The summed E-state index contributed by atoms with van der Waals surface area (Å²) >= 11 is 1.44. The highest BCUT2D eigenvalue weighted by molar-refractivity contribution is 7.19. The van der Waals surface area contributed by atoms with Crippen molar-refractivity contribution in [3.63, 3.8) is 0 Å². The Labute approximate surface area is 172 Å². The molecule has 5 nitrogen and oxygen atoms in total. The molecule has 1 aliphatic carbocycles. The zero-order valence-electron chi connectivity index (χ0n) is 16.7. The number of thiophene rings is 1. The van der Waals surface area contributed by atoms with E-state index in [2.05, 4.69) is 4.98 Å². The van der Waals surface area contributed by atoms with Gasteiger partial charge in [0.25, 0.3) is 5.56 Å². The number of aromatic nitrogens is 2. The van der Waals surface area contributed by atoms with E-state index in [0.717, 1.165) is 41.7 Å². The summed E-state index contributed by atoms with van der Waals surface area (Å²) in [4.78, 5) is 33.8. The van der Waals surface area contributed by atoms with Crippen molar-refractivity contribution in [2.24, 2.45) is 0 Å². The van der Waals surface area contributed by atoms with Crippen molar-refractivity contribution in [2.75, 3.05) is 7.05 Å². The summed E-state index contributed by atoms with van der Waals surface area (Å²) in [5.41, 5.74) is 1.31. The first-order chi connectivity index (χ1) is 14.0. The molecule has 7 heteroatoms. The smallest absolute Gasteiger partial charge is 0.263 e. The molecular formula is C22H24FN3O2S. The van der Waals surface area contributed by atoms with Gasteiger partial charge in [0.05, 0.1) is 11.7 Å². The molecule has 0 unspecified atom stereocenters. The molecule has 0 N–H and O–H groups in total. The molecule has 1 aromatic carbocycles. The van der Waals surface area contributed by atoms with Crippen molar-refractivity contribution >= 4 is 27.5 Å². The Morgan fingerprint density at radius 3 is 2.62 bits per heavy atom. The number of benzene rings is 1. The first kappa shape index (κ1) is 19.8. The number of hydrogen-bond donors (Lipinski definition) is 0. The van der Waals surface area contributed by atoms with Crippen molar-refractivity contribution in [2.45, 2.75) is 51.6 Å². The third-order valence-corrected chi connectivity index (χ3v) is 6.82. The Hall–Kier alpha value is -2.54. The number of carbonyl (C=O) groups is 1. The van der Waals surface area contributed by atoms with E-state index in [9.17, 15) is 14.0 Å². The average Bonchev–Trinajstić information content (AvgIpc) is 3.07. The first-order valence-electron chi connectivity index (χ1n) is 9.96. The molecule has 0 saturated heterocycles. The monoisotopic (exact) mass is 413 g/mol. The lowest BCUT2D eigenvalue weighted by molar-refractivity contribution is -0.133. The third-order valence-electron chi connectivity index (χ3n) is 5.81. The van der Waals surface area contributed by atoms with Gasteiger partial charge in [0.1, 0.15) is 17.2 Å². The fourth-order valence-electron chi connectivity index (χ4n) is 4.14. The SMILES string of the molecule is Cc1sc2ncn(CC(=O)N(C)C3CCCCC3)c(=O)c2c1-c1ccc(F)cc1. The van der Waals surface area contributed by atoms with E-state index < -0.39 is 0 Å². The molecule has 2 heterocycles. The fourth-order valence-corrected chi connectivity index (χ4v) is 5.15. The summed E-state index contributed by atoms with van der Waals surface area (Å²) in [5.74, 6) is -0.395. The van der Waals surface area contributed by atoms with Crippen molar-refractivity contribution < 1.29 is 9.18 Å². The highest BCUT2D eigenvalue weighted by Gasteiger charge is 2.23. The highest BCUT2D eigenvalue weighted by atomic mass is 32.1. The summed E-state index contributed by atoms with van der Waals surface area (Å²) < 4.78 is 14.7. The van der Waals surface area contributed by atoms with E-state index in [1.807, 2.05) is 14.0 Å². The summed E-state index contributed by atoms with van der Waals surface area (Å²) in [7, 11) is 1.83. The van der Waals surface area contributed by atoms with Gasteiger partial charge in [-0.1, -0.05) is 31.4 Å². The second-order valence-electron chi connectivity index (χ2n) is 7.69. The van der Waals surface area contributed by atoms with Crippen LogP contribution in [-0.2, 0) is 11.3 Å². The quantitative estimate of drug-likeness (QED) is 0.638. The van der Waals surface area contributed by atoms with E-state index >= 15 is 0 Å². The minimum atomic E-state index is -0.321. The summed E-state index contributed by atoms with van der Waals surface area (Å²) in [6.45, 7) is 1.91. The van der Waals surface area contributed by atoms with Gasteiger partial charge in [-0.2, -0.15) is 0 Å². The third kappa shape index (κ3) is 3.83. The standard InChI is InChI=1S/C22H24FN3O2S/c1-14-19(15-8-10-16(23)11-9-15)20-21(29-14)24-13-26(22(20)28)12-18(27)25(2)17-6-4-3-5-7-17/h8-11,13,17H,3-7,12H2,1-2H3. The summed E-state index contributed by atoms with van der Waals surface area (Å²) in [6, 6.07) is 6.36. The van der Waals surface area contributed by atoms with Crippen molar-refractivity contribution in [1.29, 1.82) is 0 Å². The number of hydrogen-bond acceptors (Lipinski definition) is 4. The van der Waals surface area contributed by atoms with E-state index in [1.54, 1.807) is 17.0 Å². The Bertz CT molecular complexity index is 1100. The van der Waals surface area contributed by atoms with Gasteiger partial charge in [0, 0.05) is 23.5 Å². The number of aryl methyl sites for hydroxylation is 1. The first-order valence-corrected chi connectivity index (χ1v) is 10.8. The number of rotatable bonds is 4. The van der Waals surface area contributed by atoms with Crippen molar-refractivity contribution in [3.8, 4) is 11.1 Å². The molecule has 4 rings (SSSR count). The Morgan fingerprint density at radius 1 is 1.24 bits per heavy atom. The van der Waals surface area contributed by atoms with Crippen LogP contribution in [0, 0.1) is 12.7 Å². The topological polar surface area (TPSA) is 55.2 Å². The lowest BCUT2D eigenvalue weighted by Gasteiger charge is -2.31. The molecule has 0 aliphatic heterocycles. The summed E-state index contributed by atoms with van der Waals surface area (Å²) in [5, 5.41) is 0.495. The number of carbonyl (C=O) groups excluding carboxylic acids is 1. The maximum Gasteiger partial charge on any atom is 0.263 e. The van der Waals surface area contributed by atoms with Gasteiger partial charge in [0.2, 0.25) is 5.91 Å². The van der Waals surface area contributed by atoms with Crippen LogP contribution in [-0.4, -0.2) is 33.4 Å². The van der Waals surface area contributed by atoms with Gasteiger partial charge in [0.15, 0.2) is 0 Å². The molecule has 29 heavy (non-hydrogen) atoms. The number of nitrogens with zero attached hydrogens (tertiary/aromatic N) is 3. The van der Waals surface area contributed by atoms with Gasteiger partial charge in [-0.05, 0) is 37.5 Å². The Balaban J connectivity index is 1.68. The largest absolute Gasteiger partial charge is 0.341 e. The Kier molecular flexibility index (Phi) is 5.50. The van der Waals surface area contributed by atoms with Crippen LogP contribution in [0.3, 0.4) is 0 Å². The van der Waals surface area contributed by atoms with Crippen molar-refractivity contribution in [1.82, 2.24) is 14.5 Å². The van der Waals surface area contributed by atoms with Crippen LogP contribution >= 0.6 is 11.3 Å². The number of amides is 1. The molecule has 0 radical (unpaired) electrons. The molecule has 1 amide bonds. The van der Waals surface area contributed by atoms with Gasteiger partial charge >= 0.3 is 0 Å². The molecule has 1 saturated carbocycles. The molecule has 152 valence electrons. The van der Waals surface area contributed by atoms with Gasteiger partial charge in [-0.25, -0.2) is 9.37 Å². The molecule has 1 fully saturated rings. The normalized spacial score (nSPS) is 15.0. The van der Waals surface area contributed by atoms with Crippen LogP contribution in [0.4, 0.5) is 4.39 Å². The van der Waals surface area contributed by atoms with Crippen LogP contribution in [0.1, 0.15) is 37.0 Å². The maximum atomic E-state index is 13.3. The molecule has 0 spiro atoms. The molecule has 0 atom stereocenters. The zero-order valence-corrected chi connectivity index (χ0v) is 17.5. The molecule has 1 aliphatic rings. The van der Waals surface area contributed by atoms with Gasteiger partial charge in [-0.15, -0.1) is 11.3 Å². The highest BCUT2D eigenvalue weighted by Crippen LogP contribution is 2.35. The second kappa shape index (κ2) is 8.06.